The maximum Gasteiger partial charge on any atom is 0.175 e. The number of sulfone groups is 1. The third-order valence-electron chi connectivity index (χ3n) is 4.01. The van der Waals surface area contributed by atoms with Crippen molar-refractivity contribution in [2.75, 3.05) is 13.4 Å². The van der Waals surface area contributed by atoms with Gasteiger partial charge in [-0.15, -0.1) is 0 Å². The number of benzene rings is 2. The Labute approximate surface area is 156 Å². The van der Waals surface area contributed by atoms with E-state index in [2.05, 4.69) is 5.10 Å². The van der Waals surface area contributed by atoms with Gasteiger partial charge in [-0.1, -0.05) is 24.3 Å². The van der Waals surface area contributed by atoms with Crippen molar-refractivity contribution >= 4 is 15.8 Å². The van der Waals surface area contributed by atoms with Gasteiger partial charge in [-0.3, -0.25) is 4.68 Å². The summed E-state index contributed by atoms with van der Waals surface area (Å²) in [7, 11) is -1.74. The Balaban J connectivity index is 2.09. The molecule has 0 radical (unpaired) electrons. The number of rotatable bonds is 6. The molecule has 0 aliphatic heterocycles. The zero-order chi connectivity index (χ0) is 19.6. The fourth-order valence-corrected chi connectivity index (χ4v) is 3.32. The van der Waals surface area contributed by atoms with Gasteiger partial charge in [0.25, 0.3) is 0 Å². The van der Waals surface area contributed by atoms with Crippen LogP contribution in [-0.4, -0.2) is 37.5 Å². The molecule has 140 valence electrons. The third kappa shape index (κ3) is 4.17. The first-order valence-electron chi connectivity index (χ1n) is 8.00. The van der Waals surface area contributed by atoms with Crippen molar-refractivity contribution in [2.24, 2.45) is 0 Å². The van der Waals surface area contributed by atoms with Crippen LogP contribution in [0.1, 0.15) is 0 Å². The summed E-state index contributed by atoms with van der Waals surface area (Å²) < 4.78 is 29.7. The van der Waals surface area contributed by atoms with Gasteiger partial charge in [0.2, 0.25) is 0 Å². The number of hydrogen-bond donors (Lipinski definition) is 0. The highest BCUT2D eigenvalue weighted by Gasteiger charge is 2.15. The second-order valence-electron chi connectivity index (χ2n) is 5.99. The number of aliphatic carboxylic acids is 1. The molecule has 3 aromatic rings. The highest BCUT2D eigenvalue weighted by Crippen LogP contribution is 2.32. The number of carboxylic acids is 1. The topological polar surface area (TPSA) is 101 Å². The molecular weight excluding hydrogens is 368 g/mol. The predicted octanol–water partition coefficient (Wildman–Crippen LogP) is 1.38. The predicted molar refractivity (Wildman–Crippen MR) is 97.8 cm³/mol. The van der Waals surface area contributed by atoms with E-state index in [1.165, 1.54) is 16.8 Å². The van der Waals surface area contributed by atoms with Crippen molar-refractivity contribution < 1.29 is 23.1 Å². The molecular formula is C19H17N2O5S-. The minimum atomic E-state index is -3.31. The molecule has 0 atom stereocenters. The van der Waals surface area contributed by atoms with Crippen LogP contribution in [0.2, 0.25) is 0 Å². The lowest BCUT2D eigenvalue weighted by Gasteiger charge is -2.05. The molecule has 3 rings (SSSR count). The van der Waals surface area contributed by atoms with E-state index in [0.717, 1.165) is 11.8 Å². The average molecular weight is 385 g/mol. The van der Waals surface area contributed by atoms with Crippen LogP contribution in [0.3, 0.4) is 0 Å². The van der Waals surface area contributed by atoms with E-state index in [0.29, 0.717) is 22.6 Å². The zero-order valence-electron chi connectivity index (χ0n) is 14.7. The first-order chi connectivity index (χ1) is 12.8. The molecule has 0 bridgehead atoms. The number of hydrogen-bond acceptors (Lipinski definition) is 6. The van der Waals surface area contributed by atoms with Gasteiger partial charge in [-0.2, -0.15) is 5.10 Å². The monoisotopic (exact) mass is 385 g/mol. The van der Waals surface area contributed by atoms with Crippen LogP contribution in [0.4, 0.5) is 0 Å². The van der Waals surface area contributed by atoms with Gasteiger partial charge in [0.05, 0.1) is 24.5 Å². The average Bonchev–Trinajstić information content (AvgIpc) is 3.04. The largest absolute Gasteiger partial charge is 0.548 e. The van der Waals surface area contributed by atoms with Crippen LogP contribution in [0.15, 0.2) is 59.6 Å². The van der Waals surface area contributed by atoms with Gasteiger partial charge in [-0.25, -0.2) is 8.42 Å². The van der Waals surface area contributed by atoms with E-state index in [-0.39, 0.29) is 11.4 Å². The van der Waals surface area contributed by atoms with Crippen LogP contribution in [0.25, 0.3) is 22.4 Å². The van der Waals surface area contributed by atoms with Crippen LogP contribution < -0.4 is 9.84 Å². The highest BCUT2D eigenvalue weighted by atomic mass is 32.2. The number of carbonyl (C=O) groups is 1. The molecule has 0 aliphatic carbocycles. The van der Waals surface area contributed by atoms with Gasteiger partial charge in [0.15, 0.2) is 9.84 Å². The minimum Gasteiger partial charge on any atom is -0.548 e. The number of carboxylic acid groups (broad SMARTS) is 1. The third-order valence-corrected chi connectivity index (χ3v) is 5.14. The van der Waals surface area contributed by atoms with Gasteiger partial charge in [0, 0.05) is 23.6 Å². The van der Waals surface area contributed by atoms with E-state index in [4.69, 9.17) is 4.74 Å². The molecule has 0 unspecified atom stereocenters. The summed E-state index contributed by atoms with van der Waals surface area (Å²) in [5, 5.41) is 15.3. The summed E-state index contributed by atoms with van der Waals surface area (Å²) in [4.78, 5) is 11.1. The molecule has 2 aromatic carbocycles. The minimum absolute atomic E-state index is 0.200. The maximum atomic E-state index is 11.7. The van der Waals surface area contributed by atoms with Crippen molar-refractivity contribution in [3.8, 4) is 28.1 Å². The molecule has 1 heterocycles. The van der Waals surface area contributed by atoms with E-state index < -0.39 is 15.8 Å². The normalized spacial score (nSPS) is 11.3. The van der Waals surface area contributed by atoms with Crippen molar-refractivity contribution in [1.82, 2.24) is 9.78 Å². The Morgan fingerprint density at radius 2 is 1.67 bits per heavy atom. The van der Waals surface area contributed by atoms with Crippen molar-refractivity contribution in [3.05, 3.63) is 54.7 Å². The molecule has 0 saturated heterocycles. The van der Waals surface area contributed by atoms with E-state index in [9.17, 15) is 18.3 Å². The zero-order valence-corrected chi connectivity index (χ0v) is 15.6. The lowest BCUT2D eigenvalue weighted by Crippen LogP contribution is -2.27. The Bertz CT molecular complexity index is 1070. The summed E-state index contributed by atoms with van der Waals surface area (Å²) in [6.07, 6.45) is 2.76. The summed E-state index contributed by atoms with van der Waals surface area (Å²) >= 11 is 0. The Kier molecular flexibility index (Phi) is 5.00. The number of ether oxygens (including phenoxy) is 1. The lowest BCUT2D eigenvalue weighted by molar-refractivity contribution is -0.306. The standard InChI is InChI=1S/C19H18N2O5S/c1-26-15-7-3-13(4-8-15)17-11-21(12-18(22)23)20-19(17)14-5-9-16(10-6-14)27(2,24)25/h3-11H,12H2,1-2H3,(H,22,23)/p-1. The Hall–Kier alpha value is -3.13. The molecule has 0 aliphatic rings. The molecule has 0 fully saturated rings. The van der Waals surface area contributed by atoms with Crippen molar-refractivity contribution in [2.45, 2.75) is 11.4 Å². The Morgan fingerprint density at radius 3 is 2.19 bits per heavy atom. The smallest absolute Gasteiger partial charge is 0.175 e. The fraction of sp³-hybridized carbons (Fsp3) is 0.158. The molecule has 0 spiro atoms. The first-order valence-corrected chi connectivity index (χ1v) is 9.89. The van der Waals surface area contributed by atoms with Crippen LogP contribution >= 0.6 is 0 Å². The fourth-order valence-electron chi connectivity index (χ4n) is 2.69. The maximum absolute atomic E-state index is 11.7. The molecule has 7 nitrogen and oxygen atoms in total. The molecule has 0 amide bonds. The molecule has 27 heavy (non-hydrogen) atoms. The van der Waals surface area contributed by atoms with Crippen LogP contribution in [-0.2, 0) is 21.2 Å². The summed E-state index contributed by atoms with van der Waals surface area (Å²) in [5.74, 6) is -0.558. The summed E-state index contributed by atoms with van der Waals surface area (Å²) in [6.45, 7) is -0.384. The number of nitrogens with zero attached hydrogens (tertiary/aromatic N) is 2. The van der Waals surface area contributed by atoms with Crippen LogP contribution in [0.5, 0.6) is 5.75 Å². The molecule has 0 N–H and O–H groups in total. The number of aromatic nitrogens is 2. The van der Waals surface area contributed by atoms with Gasteiger partial charge in [-0.05, 0) is 29.8 Å². The lowest BCUT2D eigenvalue weighted by atomic mass is 10.0. The van der Waals surface area contributed by atoms with Gasteiger partial charge >= 0.3 is 0 Å². The summed E-state index contributed by atoms with van der Waals surface area (Å²) in [5.41, 5.74) is 2.75. The molecule has 8 heteroatoms. The highest BCUT2D eigenvalue weighted by molar-refractivity contribution is 7.90. The second kappa shape index (κ2) is 7.24. The van der Waals surface area contributed by atoms with Gasteiger partial charge < -0.3 is 14.6 Å². The van der Waals surface area contributed by atoms with E-state index in [1.807, 2.05) is 12.1 Å². The van der Waals surface area contributed by atoms with Gasteiger partial charge in [0.1, 0.15) is 11.4 Å². The van der Waals surface area contributed by atoms with Crippen molar-refractivity contribution in [3.63, 3.8) is 0 Å². The number of carbonyl (C=O) groups excluding carboxylic acids is 1. The van der Waals surface area contributed by atoms with Crippen LogP contribution in [0, 0.1) is 0 Å². The Morgan fingerprint density at radius 1 is 1.07 bits per heavy atom. The SMILES string of the molecule is COc1ccc(-c2cn(CC(=O)[O-])nc2-c2ccc(S(C)(=O)=O)cc2)cc1. The van der Waals surface area contributed by atoms with Crippen molar-refractivity contribution in [1.29, 1.82) is 0 Å². The first kappa shape index (κ1) is 18.7. The molecule has 0 saturated carbocycles. The van der Waals surface area contributed by atoms with E-state index in [1.54, 1.807) is 37.6 Å². The number of methoxy groups -OCH3 is 1. The summed E-state index contributed by atoms with van der Waals surface area (Å²) in [6, 6.07) is 13.6. The quantitative estimate of drug-likeness (QED) is 0.635. The second-order valence-corrected chi connectivity index (χ2v) is 8.00. The molecule has 1 aromatic heterocycles. The van der Waals surface area contributed by atoms with E-state index >= 15 is 0 Å².